The lowest BCUT2D eigenvalue weighted by atomic mass is 10.1. The number of fused-ring (bicyclic) bond motifs is 1. The number of aryl methyl sites for hydroxylation is 2. The number of nitrogens with zero attached hydrogens (tertiary/aromatic N) is 1. The van der Waals surface area contributed by atoms with Crippen molar-refractivity contribution >= 4 is 27.5 Å². The minimum atomic E-state index is -0.562. The molecule has 0 aliphatic heterocycles. The Morgan fingerprint density at radius 3 is 3.00 bits per heavy atom. The Morgan fingerprint density at radius 2 is 2.30 bits per heavy atom. The summed E-state index contributed by atoms with van der Waals surface area (Å²) >= 11 is 1.49. The Hall–Kier alpha value is -1.95. The normalized spacial score (nSPS) is 18.5. The fourth-order valence-corrected chi connectivity index (χ4v) is 3.88. The van der Waals surface area contributed by atoms with Crippen LogP contribution in [-0.4, -0.2) is 15.9 Å². The topological polar surface area (TPSA) is 72.0 Å². The lowest BCUT2D eigenvalue weighted by Gasteiger charge is -2.14. The van der Waals surface area contributed by atoms with E-state index >= 15 is 0 Å². The first kappa shape index (κ1) is 15.9. The number of nitrogens with one attached hydrogen (secondary N) is 1. The molecule has 122 valence electrons. The van der Waals surface area contributed by atoms with Gasteiger partial charge in [-0.3, -0.25) is 9.59 Å². The highest BCUT2D eigenvalue weighted by atomic mass is 32.1. The van der Waals surface area contributed by atoms with Gasteiger partial charge in [-0.1, -0.05) is 12.2 Å². The highest BCUT2D eigenvalue weighted by molar-refractivity contribution is 7.18. The lowest BCUT2D eigenvalue weighted by Crippen LogP contribution is -2.18. The van der Waals surface area contributed by atoms with Gasteiger partial charge in [0, 0.05) is 4.88 Å². The molecule has 0 saturated heterocycles. The van der Waals surface area contributed by atoms with Gasteiger partial charge in [0.1, 0.15) is 4.83 Å². The van der Waals surface area contributed by atoms with Crippen LogP contribution < -0.4 is 5.56 Å². The Balaban J connectivity index is 1.78. The highest BCUT2D eigenvalue weighted by Gasteiger charge is 2.20. The van der Waals surface area contributed by atoms with E-state index in [0.717, 1.165) is 23.3 Å². The second-order valence-corrected chi connectivity index (χ2v) is 7.22. The Bertz CT molecular complexity index is 834. The van der Waals surface area contributed by atoms with E-state index in [1.807, 2.05) is 13.8 Å². The van der Waals surface area contributed by atoms with Crippen LogP contribution in [0.1, 0.15) is 48.6 Å². The van der Waals surface area contributed by atoms with Crippen LogP contribution in [0.5, 0.6) is 0 Å². The largest absolute Gasteiger partial charge is 0.454 e. The van der Waals surface area contributed by atoms with Crippen LogP contribution in [-0.2, 0) is 9.53 Å². The van der Waals surface area contributed by atoms with E-state index in [4.69, 9.17) is 4.74 Å². The molecule has 1 aliphatic carbocycles. The van der Waals surface area contributed by atoms with Gasteiger partial charge in [-0.05, 0) is 45.1 Å². The summed E-state index contributed by atoms with van der Waals surface area (Å²) in [6.45, 7) is 5.63. The minimum absolute atomic E-state index is 0.173. The molecule has 2 atom stereocenters. The van der Waals surface area contributed by atoms with Crippen LogP contribution in [0.4, 0.5) is 0 Å². The molecule has 0 unspecified atom stereocenters. The zero-order valence-electron chi connectivity index (χ0n) is 13.5. The molecular weight excluding hydrogens is 312 g/mol. The summed E-state index contributed by atoms with van der Waals surface area (Å²) < 4.78 is 5.44. The van der Waals surface area contributed by atoms with Gasteiger partial charge >= 0.3 is 5.97 Å². The Kier molecular flexibility index (Phi) is 4.35. The van der Waals surface area contributed by atoms with Crippen molar-refractivity contribution < 1.29 is 9.53 Å². The van der Waals surface area contributed by atoms with Crippen molar-refractivity contribution in [3.8, 4) is 0 Å². The Morgan fingerprint density at radius 1 is 1.52 bits per heavy atom. The quantitative estimate of drug-likeness (QED) is 0.686. The molecular formula is C17H20N2O3S. The smallest absolute Gasteiger partial charge is 0.307 e. The van der Waals surface area contributed by atoms with E-state index in [2.05, 4.69) is 22.1 Å². The predicted octanol–water partition coefficient (Wildman–Crippen LogP) is 3.56. The van der Waals surface area contributed by atoms with Crippen LogP contribution in [0.3, 0.4) is 0 Å². The van der Waals surface area contributed by atoms with E-state index in [-0.39, 0.29) is 17.4 Å². The van der Waals surface area contributed by atoms with E-state index < -0.39 is 6.10 Å². The van der Waals surface area contributed by atoms with Crippen molar-refractivity contribution in [1.82, 2.24) is 9.97 Å². The van der Waals surface area contributed by atoms with Gasteiger partial charge in [0.25, 0.3) is 5.56 Å². The third kappa shape index (κ3) is 3.22. The van der Waals surface area contributed by atoms with Crippen LogP contribution >= 0.6 is 11.3 Å². The fraction of sp³-hybridized carbons (Fsp3) is 0.471. The van der Waals surface area contributed by atoms with Gasteiger partial charge in [0.2, 0.25) is 0 Å². The molecule has 2 heterocycles. The third-order valence-corrected chi connectivity index (χ3v) is 5.39. The maximum atomic E-state index is 12.3. The molecule has 0 fully saturated rings. The summed E-state index contributed by atoms with van der Waals surface area (Å²) in [5.41, 5.74) is 0.788. The van der Waals surface area contributed by atoms with Crippen molar-refractivity contribution in [2.45, 2.75) is 46.1 Å². The zero-order valence-corrected chi connectivity index (χ0v) is 14.3. The van der Waals surface area contributed by atoms with Crippen molar-refractivity contribution in [3.05, 3.63) is 38.8 Å². The monoisotopic (exact) mass is 332 g/mol. The van der Waals surface area contributed by atoms with Gasteiger partial charge in [0.15, 0.2) is 11.9 Å². The summed E-state index contributed by atoms with van der Waals surface area (Å²) in [6.07, 6.45) is 6.00. The number of hydrogen-bond donors (Lipinski definition) is 1. The van der Waals surface area contributed by atoms with E-state index in [9.17, 15) is 9.59 Å². The van der Waals surface area contributed by atoms with Crippen molar-refractivity contribution in [2.24, 2.45) is 5.92 Å². The Labute approximate surface area is 138 Å². The number of carbonyl (C=O) groups excluding carboxylic acids is 1. The number of rotatable bonds is 4. The summed E-state index contributed by atoms with van der Waals surface area (Å²) in [5.74, 6) is 0.418. The number of aromatic nitrogens is 2. The predicted molar refractivity (Wildman–Crippen MR) is 90.7 cm³/mol. The van der Waals surface area contributed by atoms with Crippen LogP contribution in [0.15, 0.2) is 16.9 Å². The molecule has 0 bridgehead atoms. The second-order valence-electron chi connectivity index (χ2n) is 6.02. The second kappa shape index (κ2) is 6.28. The summed E-state index contributed by atoms with van der Waals surface area (Å²) in [7, 11) is 0. The number of allylic oxidation sites excluding steroid dienone is 2. The number of hydrogen-bond acceptors (Lipinski definition) is 5. The summed E-state index contributed by atoms with van der Waals surface area (Å²) in [4.78, 5) is 33.3. The third-order valence-electron chi connectivity index (χ3n) is 4.29. The minimum Gasteiger partial charge on any atom is -0.454 e. The average molecular weight is 332 g/mol. The molecule has 0 radical (unpaired) electrons. The number of ether oxygens (including phenoxy) is 1. The molecule has 6 heteroatoms. The molecule has 5 nitrogen and oxygen atoms in total. The van der Waals surface area contributed by atoms with Gasteiger partial charge in [0.05, 0.1) is 11.8 Å². The van der Waals surface area contributed by atoms with Crippen molar-refractivity contribution in [1.29, 1.82) is 0 Å². The molecule has 3 rings (SSSR count). The number of esters is 1. The lowest BCUT2D eigenvalue weighted by molar-refractivity contribution is -0.149. The van der Waals surface area contributed by atoms with Crippen LogP contribution in [0, 0.1) is 19.8 Å². The first-order valence-electron chi connectivity index (χ1n) is 7.81. The number of thiophene rings is 1. The van der Waals surface area contributed by atoms with Crippen LogP contribution in [0.2, 0.25) is 0 Å². The molecule has 2 aromatic heterocycles. The molecule has 23 heavy (non-hydrogen) atoms. The van der Waals surface area contributed by atoms with E-state index in [0.29, 0.717) is 22.5 Å². The van der Waals surface area contributed by atoms with E-state index in [1.165, 1.54) is 11.3 Å². The van der Waals surface area contributed by atoms with Crippen molar-refractivity contribution in [2.75, 3.05) is 0 Å². The molecule has 1 aliphatic rings. The highest BCUT2D eigenvalue weighted by Crippen LogP contribution is 2.27. The molecule has 0 saturated carbocycles. The molecule has 0 aromatic carbocycles. The van der Waals surface area contributed by atoms with E-state index in [1.54, 1.807) is 6.92 Å². The number of aromatic amines is 1. The van der Waals surface area contributed by atoms with Gasteiger partial charge in [-0.2, -0.15) is 0 Å². The molecule has 1 N–H and O–H groups in total. The zero-order chi connectivity index (χ0) is 16.6. The SMILES string of the molecule is Cc1sc2nc([C@@H](C)OC(=O)C[C@@H]3C=CCC3)[nH]c(=O)c2c1C. The maximum absolute atomic E-state index is 12.3. The summed E-state index contributed by atoms with van der Waals surface area (Å²) in [5, 5.41) is 0.630. The first-order valence-corrected chi connectivity index (χ1v) is 8.63. The maximum Gasteiger partial charge on any atom is 0.307 e. The number of H-pyrrole nitrogens is 1. The number of carbonyl (C=O) groups is 1. The van der Waals surface area contributed by atoms with Gasteiger partial charge in [-0.15, -0.1) is 11.3 Å². The van der Waals surface area contributed by atoms with Crippen LogP contribution in [0.25, 0.3) is 10.2 Å². The summed E-state index contributed by atoms with van der Waals surface area (Å²) in [6, 6.07) is 0. The first-order chi connectivity index (χ1) is 11.0. The molecule has 0 spiro atoms. The van der Waals surface area contributed by atoms with Gasteiger partial charge in [-0.25, -0.2) is 4.98 Å². The average Bonchev–Trinajstić information content (AvgIpc) is 3.07. The standard InChI is InChI=1S/C17H20N2O3S/c1-9-11(3)23-17-14(9)16(21)18-15(19-17)10(2)22-13(20)8-12-6-4-5-7-12/h4,6,10,12H,5,7-8H2,1-3H3,(H,18,19,21)/t10-,12-/m1/s1. The molecule has 2 aromatic rings. The van der Waals surface area contributed by atoms with Crippen molar-refractivity contribution in [3.63, 3.8) is 0 Å². The molecule has 0 amide bonds. The fourth-order valence-electron chi connectivity index (χ4n) is 2.84. The van der Waals surface area contributed by atoms with Gasteiger partial charge < -0.3 is 9.72 Å².